The molecule has 1 saturated carbocycles. The molecule has 2 aliphatic rings. The maximum absolute atomic E-state index is 12.6. The number of carbonyl (C=O) groups is 1. The molecule has 6 rings (SSSR count). The van der Waals surface area contributed by atoms with Crippen molar-refractivity contribution in [1.82, 2.24) is 24.6 Å². The van der Waals surface area contributed by atoms with Crippen LogP contribution >= 0.6 is 0 Å². The highest BCUT2D eigenvalue weighted by atomic mass is 16.5. The molecule has 1 aliphatic carbocycles. The van der Waals surface area contributed by atoms with Gasteiger partial charge in [0.15, 0.2) is 0 Å². The minimum atomic E-state index is -0.439. The van der Waals surface area contributed by atoms with Crippen LogP contribution in [0, 0.1) is 0 Å². The molecule has 0 spiro atoms. The highest BCUT2D eigenvalue weighted by Gasteiger charge is 2.28. The lowest BCUT2D eigenvalue weighted by Crippen LogP contribution is -2.36. The van der Waals surface area contributed by atoms with Crippen molar-refractivity contribution >= 4 is 28.3 Å². The summed E-state index contributed by atoms with van der Waals surface area (Å²) in [5.41, 5.74) is 5.10. The van der Waals surface area contributed by atoms with Crippen molar-refractivity contribution in [3.63, 3.8) is 0 Å². The van der Waals surface area contributed by atoms with Crippen LogP contribution in [0.2, 0.25) is 0 Å². The predicted molar refractivity (Wildman–Crippen MR) is 147 cm³/mol. The van der Waals surface area contributed by atoms with Crippen LogP contribution < -0.4 is 14.4 Å². The van der Waals surface area contributed by atoms with Gasteiger partial charge >= 0.3 is 0 Å². The number of methoxy groups -OCH3 is 2. The van der Waals surface area contributed by atoms with Crippen LogP contribution in [0.4, 0.5) is 11.4 Å². The topological polar surface area (TPSA) is 106 Å². The Hall–Kier alpha value is -4.18. The highest BCUT2D eigenvalue weighted by molar-refractivity contribution is 5.83. The number of anilines is 2. The van der Waals surface area contributed by atoms with Crippen LogP contribution in [0.25, 0.3) is 22.3 Å². The first-order chi connectivity index (χ1) is 19.0. The van der Waals surface area contributed by atoms with E-state index in [1.807, 2.05) is 30.5 Å². The zero-order valence-electron chi connectivity index (χ0n) is 22.2. The number of aromatic nitrogens is 4. The molecular formula is C29H32N6O4. The van der Waals surface area contributed by atoms with E-state index in [0.29, 0.717) is 31.2 Å². The Morgan fingerprint density at radius 2 is 1.82 bits per heavy atom. The molecule has 10 nitrogen and oxygen atoms in total. The summed E-state index contributed by atoms with van der Waals surface area (Å²) in [7, 11) is 3.32. The maximum Gasteiger partial charge on any atom is 0.244 e. The van der Waals surface area contributed by atoms with Gasteiger partial charge < -0.3 is 24.4 Å². The van der Waals surface area contributed by atoms with E-state index in [1.165, 1.54) is 6.42 Å². The van der Waals surface area contributed by atoms with Crippen LogP contribution in [0.5, 0.6) is 11.5 Å². The van der Waals surface area contributed by atoms with E-state index in [-0.39, 0.29) is 12.5 Å². The summed E-state index contributed by atoms with van der Waals surface area (Å²) in [6.07, 6.45) is 8.85. The van der Waals surface area contributed by atoms with Crippen molar-refractivity contribution in [3.8, 4) is 22.8 Å². The van der Waals surface area contributed by atoms with Crippen LogP contribution in [0.15, 0.2) is 55.0 Å². The molecule has 202 valence electrons. The number of benzene rings is 2. The second kappa shape index (κ2) is 10.5. The fourth-order valence-electron chi connectivity index (χ4n) is 5.23. The van der Waals surface area contributed by atoms with Crippen molar-refractivity contribution < 1.29 is 19.4 Å². The average molecular weight is 529 g/mol. The van der Waals surface area contributed by atoms with E-state index < -0.39 is 6.10 Å². The molecule has 1 aliphatic heterocycles. The number of amides is 1. The van der Waals surface area contributed by atoms with Crippen molar-refractivity contribution in [1.29, 1.82) is 0 Å². The summed E-state index contributed by atoms with van der Waals surface area (Å²) >= 11 is 0. The average Bonchev–Trinajstić information content (AvgIpc) is 3.58. The van der Waals surface area contributed by atoms with Gasteiger partial charge in [-0.25, -0.2) is 4.98 Å². The van der Waals surface area contributed by atoms with Gasteiger partial charge in [0.25, 0.3) is 0 Å². The minimum absolute atomic E-state index is 0.0549. The zero-order chi connectivity index (χ0) is 26.9. The lowest BCUT2D eigenvalue weighted by atomic mass is 9.90. The SMILES string of the molecule is COc1cc(OC)cc(N(c2ccc3ncc(-c4cnn(CC(=O)N5CCC(O)C5)c4)nc3c2)C2CCC2)c1. The zero-order valence-corrected chi connectivity index (χ0v) is 22.2. The molecule has 10 heteroatoms. The van der Waals surface area contributed by atoms with Gasteiger partial charge in [0.2, 0.25) is 5.91 Å². The molecule has 39 heavy (non-hydrogen) atoms. The first kappa shape index (κ1) is 25.1. The molecular weight excluding hydrogens is 496 g/mol. The summed E-state index contributed by atoms with van der Waals surface area (Å²) < 4.78 is 12.7. The monoisotopic (exact) mass is 528 g/mol. The molecule has 0 radical (unpaired) electrons. The van der Waals surface area contributed by atoms with E-state index in [2.05, 4.69) is 27.1 Å². The molecule has 1 N–H and O–H groups in total. The Morgan fingerprint density at radius 1 is 1.03 bits per heavy atom. The van der Waals surface area contributed by atoms with Gasteiger partial charge in [0, 0.05) is 60.5 Å². The molecule has 0 bridgehead atoms. The van der Waals surface area contributed by atoms with Gasteiger partial charge in [-0.15, -0.1) is 0 Å². The molecule has 2 aromatic heterocycles. The summed E-state index contributed by atoms with van der Waals surface area (Å²) in [5.74, 6) is 1.43. The third-order valence-corrected chi connectivity index (χ3v) is 7.60. The van der Waals surface area contributed by atoms with Gasteiger partial charge in [-0.2, -0.15) is 5.10 Å². The second-order valence-corrected chi connectivity index (χ2v) is 10.2. The summed E-state index contributed by atoms with van der Waals surface area (Å²) in [6.45, 7) is 1.08. The molecule has 1 atom stereocenters. The minimum Gasteiger partial charge on any atom is -0.497 e. The number of aliphatic hydroxyl groups is 1. The van der Waals surface area contributed by atoms with Gasteiger partial charge in [0.05, 0.1) is 49.4 Å². The van der Waals surface area contributed by atoms with Crippen LogP contribution in [-0.4, -0.2) is 75.1 Å². The maximum atomic E-state index is 12.6. The lowest BCUT2D eigenvalue weighted by Gasteiger charge is -2.39. The Kier molecular flexibility index (Phi) is 6.78. The van der Waals surface area contributed by atoms with E-state index in [1.54, 1.807) is 36.2 Å². The molecule has 1 unspecified atom stereocenters. The number of ether oxygens (including phenoxy) is 2. The van der Waals surface area contributed by atoms with Gasteiger partial charge in [-0.05, 0) is 43.9 Å². The third-order valence-electron chi connectivity index (χ3n) is 7.60. The number of rotatable bonds is 8. The number of carbonyl (C=O) groups excluding carboxylic acids is 1. The quantitative estimate of drug-likeness (QED) is 0.368. The van der Waals surface area contributed by atoms with Crippen molar-refractivity contribution in [2.75, 3.05) is 32.2 Å². The third kappa shape index (κ3) is 5.12. The van der Waals surface area contributed by atoms with Crippen LogP contribution in [0.1, 0.15) is 25.7 Å². The normalized spacial score (nSPS) is 17.3. The Bertz CT molecular complexity index is 1480. The number of hydrogen-bond acceptors (Lipinski definition) is 8. The van der Waals surface area contributed by atoms with Crippen molar-refractivity contribution in [3.05, 3.63) is 55.0 Å². The number of likely N-dealkylation sites (tertiary alicyclic amines) is 1. The fraction of sp³-hybridized carbons (Fsp3) is 0.379. The standard InChI is InChI=1S/C29H32N6O4/c1-38-24-10-22(11-25(13-24)39-2)35(20-4-3-5-20)21-6-7-26-27(12-21)32-28(15-30-26)19-14-31-34(16-19)18-29(37)33-9-8-23(36)17-33/h6-7,10-16,20,23,36H,3-5,8-9,17-18H2,1-2H3. The molecule has 2 aromatic carbocycles. The smallest absolute Gasteiger partial charge is 0.244 e. The molecule has 4 aromatic rings. The van der Waals surface area contributed by atoms with Gasteiger partial charge in [-0.1, -0.05) is 0 Å². The van der Waals surface area contributed by atoms with Gasteiger partial charge in [0.1, 0.15) is 18.0 Å². The van der Waals surface area contributed by atoms with Crippen LogP contribution in [0.3, 0.4) is 0 Å². The van der Waals surface area contributed by atoms with Crippen molar-refractivity contribution in [2.24, 2.45) is 0 Å². The number of hydrogen-bond donors (Lipinski definition) is 1. The van der Waals surface area contributed by atoms with E-state index in [9.17, 15) is 9.90 Å². The number of aliphatic hydroxyl groups excluding tert-OH is 1. The van der Waals surface area contributed by atoms with E-state index >= 15 is 0 Å². The number of β-amino-alcohol motifs (C(OH)–C–C–N with tert-alkyl or cyclic N) is 1. The lowest BCUT2D eigenvalue weighted by molar-refractivity contribution is -0.131. The summed E-state index contributed by atoms with van der Waals surface area (Å²) in [5, 5.41) is 14.1. The van der Waals surface area contributed by atoms with E-state index in [0.717, 1.165) is 52.3 Å². The Morgan fingerprint density at radius 3 is 2.49 bits per heavy atom. The fourth-order valence-corrected chi connectivity index (χ4v) is 5.23. The Labute approximate surface area is 226 Å². The first-order valence-electron chi connectivity index (χ1n) is 13.3. The molecule has 1 saturated heterocycles. The largest absolute Gasteiger partial charge is 0.497 e. The van der Waals surface area contributed by atoms with Gasteiger partial charge in [-0.3, -0.25) is 14.5 Å². The highest BCUT2D eigenvalue weighted by Crippen LogP contribution is 2.40. The predicted octanol–water partition coefficient (Wildman–Crippen LogP) is 3.79. The van der Waals surface area contributed by atoms with Crippen LogP contribution in [-0.2, 0) is 11.3 Å². The summed E-state index contributed by atoms with van der Waals surface area (Å²) in [6, 6.07) is 12.5. The number of fused-ring (bicyclic) bond motifs is 1. The molecule has 2 fully saturated rings. The molecule has 3 heterocycles. The number of nitrogens with zero attached hydrogens (tertiary/aromatic N) is 6. The Balaban J connectivity index is 1.29. The van der Waals surface area contributed by atoms with E-state index in [4.69, 9.17) is 14.5 Å². The molecule has 1 amide bonds. The van der Waals surface area contributed by atoms with Crippen molar-refractivity contribution in [2.45, 2.75) is 44.4 Å². The summed E-state index contributed by atoms with van der Waals surface area (Å²) in [4.78, 5) is 26.1. The second-order valence-electron chi connectivity index (χ2n) is 10.2. The first-order valence-corrected chi connectivity index (χ1v) is 13.3.